The SMILES string of the molecule is CCOc1cc(N(CCC(=O)O)C(C)C)ncn1. The third kappa shape index (κ3) is 4.20. The number of carboxylic acid groups (broad SMARTS) is 1. The van der Waals surface area contributed by atoms with Gasteiger partial charge in [-0.05, 0) is 20.8 Å². The summed E-state index contributed by atoms with van der Waals surface area (Å²) in [6.45, 7) is 6.81. The zero-order valence-electron chi connectivity index (χ0n) is 11.0. The fraction of sp³-hybridized carbons (Fsp3) is 0.583. The summed E-state index contributed by atoms with van der Waals surface area (Å²) < 4.78 is 5.31. The first-order valence-electron chi connectivity index (χ1n) is 5.97. The van der Waals surface area contributed by atoms with E-state index in [1.807, 2.05) is 25.7 Å². The van der Waals surface area contributed by atoms with Crippen molar-refractivity contribution in [3.63, 3.8) is 0 Å². The lowest BCUT2D eigenvalue weighted by Gasteiger charge is -2.27. The summed E-state index contributed by atoms with van der Waals surface area (Å²) >= 11 is 0. The zero-order valence-corrected chi connectivity index (χ0v) is 11.0. The molecule has 1 heterocycles. The van der Waals surface area contributed by atoms with E-state index in [0.29, 0.717) is 24.8 Å². The van der Waals surface area contributed by atoms with Crippen LogP contribution in [0.3, 0.4) is 0 Å². The largest absolute Gasteiger partial charge is 0.481 e. The molecular formula is C12H19N3O3. The molecule has 100 valence electrons. The molecule has 0 aliphatic heterocycles. The van der Waals surface area contributed by atoms with Gasteiger partial charge < -0.3 is 14.7 Å². The Morgan fingerprint density at radius 3 is 2.78 bits per heavy atom. The molecule has 0 saturated heterocycles. The van der Waals surface area contributed by atoms with Gasteiger partial charge in [0.05, 0.1) is 13.0 Å². The van der Waals surface area contributed by atoms with E-state index in [9.17, 15) is 4.79 Å². The van der Waals surface area contributed by atoms with Crippen LogP contribution in [-0.2, 0) is 4.79 Å². The Morgan fingerprint density at radius 2 is 2.22 bits per heavy atom. The van der Waals surface area contributed by atoms with Crippen LogP contribution in [0.1, 0.15) is 27.2 Å². The normalized spacial score (nSPS) is 10.4. The highest BCUT2D eigenvalue weighted by molar-refractivity contribution is 5.67. The zero-order chi connectivity index (χ0) is 13.5. The summed E-state index contributed by atoms with van der Waals surface area (Å²) in [5.74, 6) is 0.368. The Hall–Kier alpha value is -1.85. The minimum atomic E-state index is -0.820. The van der Waals surface area contributed by atoms with Crippen LogP contribution >= 0.6 is 0 Å². The van der Waals surface area contributed by atoms with Crippen molar-refractivity contribution < 1.29 is 14.6 Å². The molecule has 0 aliphatic carbocycles. The number of carbonyl (C=O) groups is 1. The third-order valence-corrected chi connectivity index (χ3v) is 2.40. The number of anilines is 1. The molecule has 0 unspecified atom stereocenters. The predicted octanol–water partition coefficient (Wildman–Crippen LogP) is 1.56. The summed E-state index contributed by atoms with van der Waals surface area (Å²) in [4.78, 5) is 20.7. The quantitative estimate of drug-likeness (QED) is 0.794. The molecule has 6 heteroatoms. The average Bonchev–Trinajstić information content (AvgIpc) is 2.29. The van der Waals surface area contributed by atoms with Crippen molar-refractivity contribution in [2.75, 3.05) is 18.1 Å². The molecule has 1 aromatic rings. The van der Waals surface area contributed by atoms with Crippen LogP contribution in [0.5, 0.6) is 5.88 Å². The number of hydrogen-bond acceptors (Lipinski definition) is 5. The number of aromatic nitrogens is 2. The lowest BCUT2D eigenvalue weighted by Crippen LogP contribution is -2.33. The number of rotatable bonds is 7. The maximum Gasteiger partial charge on any atom is 0.305 e. The van der Waals surface area contributed by atoms with Crippen molar-refractivity contribution >= 4 is 11.8 Å². The van der Waals surface area contributed by atoms with Crippen LogP contribution in [0, 0.1) is 0 Å². The number of hydrogen-bond donors (Lipinski definition) is 1. The van der Waals surface area contributed by atoms with Gasteiger partial charge in [0.15, 0.2) is 0 Å². The van der Waals surface area contributed by atoms with Crippen molar-refractivity contribution in [3.05, 3.63) is 12.4 Å². The van der Waals surface area contributed by atoms with Gasteiger partial charge >= 0.3 is 5.97 Å². The van der Waals surface area contributed by atoms with E-state index in [0.717, 1.165) is 0 Å². The molecule has 0 spiro atoms. The molecular weight excluding hydrogens is 234 g/mol. The second-order valence-electron chi connectivity index (χ2n) is 4.08. The standard InChI is InChI=1S/C12H19N3O3/c1-4-18-11-7-10(13-8-14-11)15(9(2)3)6-5-12(16)17/h7-9H,4-6H2,1-3H3,(H,16,17). The molecule has 1 N–H and O–H groups in total. The fourth-order valence-corrected chi connectivity index (χ4v) is 1.57. The molecule has 0 fully saturated rings. The first-order chi connectivity index (χ1) is 8.54. The van der Waals surface area contributed by atoms with Crippen LogP contribution in [0.4, 0.5) is 5.82 Å². The molecule has 0 bridgehead atoms. The van der Waals surface area contributed by atoms with Crippen LogP contribution in [-0.4, -0.2) is 40.2 Å². The smallest absolute Gasteiger partial charge is 0.305 e. The summed E-state index contributed by atoms with van der Waals surface area (Å²) in [6, 6.07) is 1.89. The van der Waals surface area contributed by atoms with Gasteiger partial charge in [-0.3, -0.25) is 4.79 Å². The van der Waals surface area contributed by atoms with Gasteiger partial charge in [-0.2, -0.15) is 0 Å². The molecule has 0 saturated carbocycles. The highest BCUT2D eigenvalue weighted by Gasteiger charge is 2.14. The topological polar surface area (TPSA) is 75.5 Å². The molecule has 18 heavy (non-hydrogen) atoms. The van der Waals surface area contributed by atoms with Crippen LogP contribution in [0.25, 0.3) is 0 Å². The van der Waals surface area contributed by atoms with Crippen molar-refractivity contribution in [1.82, 2.24) is 9.97 Å². The number of carboxylic acids is 1. The Morgan fingerprint density at radius 1 is 1.50 bits per heavy atom. The van der Waals surface area contributed by atoms with E-state index in [4.69, 9.17) is 9.84 Å². The van der Waals surface area contributed by atoms with Gasteiger partial charge in [-0.15, -0.1) is 0 Å². The highest BCUT2D eigenvalue weighted by Crippen LogP contribution is 2.18. The Bertz CT molecular complexity index is 396. The maximum absolute atomic E-state index is 10.6. The Labute approximate surface area is 107 Å². The van der Waals surface area contributed by atoms with E-state index in [1.54, 1.807) is 6.07 Å². The van der Waals surface area contributed by atoms with Crippen LogP contribution in [0.2, 0.25) is 0 Å². The second kappa shape index (κ2) is 6.78. The molecule has 0 radical (unpaired) electrons. The molecule has 1 aromatic heterocycles. The molecule has 6 nitrogen and oxygen atoms in total. The van der Waals surface area contributed by atoms with E-state index < -0.39 is 5.97 Å². The minimum absolute atomic E-state index is 0.0755. The van der Waals surface area contributed by atoms with Gasteiger partial charge in [0.2, 0.25) is 5.88 Å². The Kier molecular flexibility index (Phi) is 5.35. The van der Waals surface area contributed by atoms with Crippen molar-refractivity contribution in [2.24, 2.45) is 0 Å². The first-order valence-corrected chi connectivity index (χ1v) is 5.97. The van der Waals surface area contributed by atoms with E-state index in [1.165, 1.54) is 6.33 Å². The monoisotopic (exact) mass is 253 g/mol. The second-order valence-corrected chi connectivity index (χ2v) is 4.08. The van der Waals surface area contributed by atoms with Crippen molar-refractivity contribution in [3.8, 4) is 5.88 Å². The van der Waals surface area contributed by atoms with Gasteiger partial charge in [-0.25, -0.2) is 9.97 Å². The Balaban J connectivity index is 2.84. The number of nitrogens with zero attached hydrogens (tertiary/aromatic N) is 3. The van der Waals surface area contributed by atoms with Gasteiger partial charge in [-0.1, -0.05) is 0 Å². The summed E-state index contributed by atoms with van der Waals surface area (Å²) in [5.41, 5.74) is 0. The fourth-order valence-electron chi connectivity index (χ4n) is 1.57. The van der Waals surface area contributed by atoms with E-state index >= 15 is 0 Å². The van der Waals surface area contributed by atoms with Gasteiger partial charge in [0.1, 0.15) is 12.1 Å². The van der Waals surface area contributed by atoms with Crippen molar-refractivity contribution in [1.29, 1.82) is 0 Å². The van der Waals surface area contributed by atoms with E-state index in [-0.39, 0.29) is 12.5 Å². The molecule has 0 amide bonds. The molecule has 0 atom stereocenters. The van der Waals surface area contributed by atoms with Gasteiger partial charge in [0.25, 0.3) is 0 Å². The van der Waals surface area contributed by atoms with Crippen LogP contribution in [0.15, 0.2) is 12.4 Å². The summed E-state index contributed by atoms with van der Waals surface area (Å²) in [5, 5.41) is 8.75. The highest BCUT2D eigenvalue weighted by atomic mass is 16.5. The van der Waals surface area contributed by atoms with Gasteiger partial charge in [0, 0.05) is 18.7 Å². The van der Waals surface area contributed by atoms with Crippen LogP contribution < -0.4 is 9.64 Å². The predicted molar refractivity (Wildman–Crippen MR) is 67.9 cm³/mol. The molecule has 0 aromatic carbocycles. The lowest BCUT2D eigenvalue weighted by atomic mass is 10.3. The molecule has 0 aliphatic rings. The summed E-state index contributed by atoms with van der Waals surface area (Å²) in [7, 11) is 0. The van der Waals surface area contributed by atoms with E-state index in [2.05, 4.69) is 9.97 Å². The first kappa shape index (κ1) is 14.2. The number of aliphatic carboxylic acids is 1. The maximum atomic E-state index is 10.6. The van der Waals surface area contributed by atoms with Crippen molar-refractivity contribution in [2.45, 2.75) is 33.2 Å². The molecule has 1 rings (SSSR count). The minimum Gasteiger partial charge on any atom is -0.481 e. The lowest BCUT2D eigenvalue weighted by molar-refractivity contribution is -0.136. The number of ether oxygens (including phenoxy) is 1. The average molecular weight is 253 g/mol. The summed E-state index contributed by atoms with van der Waals surface area (Å²) in [6.07, 6.45) is 1.50. The third-order valence-electron chi connectivity index (χ3n) is 2.40.